The van der Waals surface area contributed by atoms with Gasteiger partial charge in [0.05, 0.1) is 6.42 Å². The van der Waals surface area contributed by atoms with Gasteiger partial charge in [-0.15, -0.1) is 13.2 Å². The maximum Gasteiger partial charge on any atom is 0.573 e. The molecule has 1 amide bonds. The Bertz CT molecular complexity index is 574. The Kier molecular flexibility index (Phi) is 4.23. The fourth-order valence-corrected chi connectivity index (χ4v) is 3.61. The number of halogens is 3. The number of fused-ring (bicyclic) bond motifs is 1. The topological polar surface area (TPSA) is 55.6 Å². The van der Waals surface area contributed by atoms with Crippen molar-refractivity contribution in [1.82, 2.24) is 4.90 Å². The summed E-state index contributed by atoms with van der Waals surface area (Å²) in [6, 6.07) is 5.61. The largest absolute Gasteiger partial charge is 0.573 e. The number of likely N-dealkylation sites (tertiary alicyclic amines) is 1. The molecule has 1 aromatic carbocycles. The molecule has 3 unspecified atom stereocenters. The molecule has 2 fully saturated rings. The molecule has 0 aromatic heterocycles. The van der Waals surface area contributed by atoms with E-state index in [0.717, 1.165) is 19.4 Å². The van der Waals surface area contributed by atoms with Gasteiger partial charge < -0.3 is 15.4 Å². The predicted molar refractivity (Wildman–Crippen MR) is 77.6 cm³/mol. The highest BCUT2D eigenvalue weighted by Crippen LogP contribution is 2.37. The summed E-state index contributed by atoms with van der Waals surface area (Å²) in [5.74, 6) is 0.601. The van der Waals surface area contributed by atoms with Gasteiger partial charge in [0.2, 0.25) is 5.91 Å². The molecule has 4 nitrogen and oxygen atoms in total. The molecular formula is C16H19F3N2O2. The van der Waals surface area contributed by atoms with Crippen molar-refractivity contribution < 1.29 is 22.7 Å². The molecule has 0 spiro atoms. The highest BCUT2D eigenvalue weighted by molar-refractivity contribution is 5.79. The standard InChI is InChI=1S/C16H19F3N2O2/c17-16(18,19)23-12-4-1-10(2-5-12)7-15(22)21-8-11-3-6-14(20)13(11)9-21/h1-2,4-5,11,13-14H,3,6-9,20H2. The first-order chi connectivity index (χ1) is 10.8. The number of hydrogen-bond acceptors (Lipinski definition) is 3. The van der Waals surface area contributed by atoms with E-state index in [1.54, 1.807) is 0 Å². The molecule has 1 saturated carbocycles. The minimum Gasteiger partial charge on any atom is -0.406 e. The van der Waals surface area contributed by atoms with Gasteiger partial charge in [-0.25, -0.2) is 0 Å². The quantitative estimate of drug-likeness (QED) is 0.926. The van der Waals surface area contributed by atoms with Crippen LogP contribution in [0, 0.1) is 11.8 Å². The Morgan fingerprint density at radius 2 is 1.91 bits per heavy atom. The first kappa shape index (κ1) is 16.1. The highest BCUT2D eigenvalue weighted by Gasteiger charge is 2.42. The maximum absolute atomic E-state index is 12.3. The van der Waals surface area contributed by atoms with Crippen LogP contribution >= 0.6 is 0 Å². The van der Waals surface area contributed by atoms with Crippen molar-refractivity contribution in [2.24, 2.45) is 17.6 Å². The number of carbonyl (C=O) groups excluding carboxylic acids is 1. The average Bonchev–Trinajstić information content (AvgIpc) is 3.02. The lowest BCUT2D eigenvalue weighted by Gasteiger charge is -2.19. The fourth-order valence-electron chi connectivity index (χ4n) is 3.61. The molecule has 3 atom stereocenters. The number of carbonyl (C=O) groups is 1. The molecule has 0 bridgehead atoms. The van der Waals surface area contributed by atoms with Crippen LogP contribution < -0.4 is 10.5 Å². The zero-order valence-electron chi connectivity index (χ0n) is 12.6. The summed E-state index contributed by atoms with van der Waals surface area (Å²) in [6.07, 6.45) is -2.43. The minimum absolute atomic E-state index is 0.00362. The zero-order valence-corrected chi connectivity index (χ0v) is 12.6. The third-order valence-corrected chi connectivity index (χ3v) is 4.78. The van der Waals surface area contributed by atoms with Crippen molar-refractivity contribution >= 4 is 5.91 Å². The fraction of sp³-hybridized carbons (Fsp3) is 0.562. The number of benzene rings is 1. The minimum atomic E-state index is -4.70. The molecular weight excluding hydrogens is 309 g/mol. The van der Waals surface area contributed by atoms with Crippen LogP contribution in [0.1, 0.15) is 18.4 Å². The van der Waals surface area contributed by atoms with Crippen molar-refractivity contribution in [3.63, 3.8) is 0 Å². The van der Waals surface area contributed by atoms with Gasteiger partial charge >= 0.3 is 6.36 Å². The molecule has 126 valence electrons. The van der Waals surface area contributed by atoms with E-state index in [1.807, 2.05) is 4.90 Å². The van der Waals surface area contributed by atoms with Crippen LogP contribution in [-0.4, -0.2) is 36.3 Å². The number of ether oxygens (including phenoxy) is 1. The molecule has 23 heavy (non-hydrogen) atoms. The lowest BCUT2D eigenvalue weighted by Crippen LogP contribution is -2.34. The van der Waals surface area contributed by atoms with Crippen LogP contribution in [0.3, 0.4) is 0 Å². The van der Waals surface area contributed by atoms with E-state index >= 15 is 0 Å². The molecule has 2 N–H and O–H groups in total. The van der Waals surface area contributed by atoms with Crippen molar-refractivity contribution in [3.8, 4) is 5.75 Å². The molecule has 1 aliphatic heterocycles. The summed E-state index contributed by atoms with van der Waals surface area (Å²) in [6.45, 7) is 1.44. The van der Waals surface area contributed by atoms with Crippen LogP contribution in [0.4, 0.5) is 13.2 Å². The van der Waals surface area contributed by atoms with Gasteiger partial charge in [0, 0.05) is 19.1 Å². The van der Waals surface area contributed by atoms with Crippen LogP contribution in [0.2, 0.25) is 0 Å². The monoisotopic (exact) mass is 328 g/mol. The highest BCUT2D eigenvalue weighted by atomic mass is 19.4. The summed E-state index contributed by atoms with van der Waals surface area (Å²) in [4.78, 5) is 14.2. The number of nitrogens with zero attached hydrogens (tertiary/aromatic N) is 1. The zero-order chi connectivity index (χ0) is 16.6. The molecule has 7 heteroatoms. The lowest BCUT2D eigenvalue weighted by molar-refractivity contribution is -0.274. The van der Waals surface area contributed by atoms with E-state index < -0.39 is 6.36 Å². The Balaban J connectivity index is 1.56. The van der Waals surface area contributed by atoms with Gasteiger partial charge in [-0.2, -0.15) is 0 Å². The number of amides is 1. The molecule has 1 aliphatic carbocycles. The summed E-state index contributed by atoms with van der Waals surface area (Å²) in [7, 11) is 0. The first-order valence-corrected chi connectivity index (χ1v) is 7.70. The van der Waals surface area contributed by atoms with Gasteiger partial charge in [-0.1, -0.05) is 12.1 Å². The SMILES string of the molecule is NC1CCC2CN(C(=O)Cc3ccc(OC(F)(F)F)cc3)CC12. The van der Waals surface area contributed by atoms with Gasteiger partial charge in [0.1, 0.15) is 5.75 Å². The normalized spacial score (nSPS) is 27.1. The first-order valence-electron chi connectivity index (χ1n) is 7.70. The van der Waals surface area contributed by atoms with Crippen LogP contribution in [-0.2, 0) is 11.2 Å². The molecule has 2 aliphatic rings. The number of rotatable bonds is 3. The van der Waals surface area contributed by atoms with Crippen molar-refractivity contribution in [3.05, 3.63) is 29.8 Å². The number of hydrogen-bond donors (Lipinski definition) is 1. The van der Waals surface area contributed by atoms with Gasteiger partial charge in [-0.05, 0) is 42.4 Å². The maximum atomic E-state index is 12.3. The second-order valence-electron chi connectivity index (χ2n) is 6.33. The second-order valence-corrected chi connectivity index (χ2v) is 6.33. The smallest absolute Gasteiger partial charge is 0.406 e. The van der Waals surface area contributed by atoms with Gasteiger partial charge in [-0.3, -0.25) is 4.79 Å². The predicted octanol–water partition coefficient (Wildman–Crippen LogP) is 2.32. The van der Waals surface area contributed by atoms with E-state index in [4.69, 9.17) is 5.73 Å². The summed E-state index contributed by atoms with van der Waals surface area (Å²) in [5.41, 5.74) is 6.73. The summed E-state index contributed by atoms with van der Waals surface area (Å²) < 4.78 is 40.1. The van der Waals surface area contributed by atoms with E-state index in [0.29, 0.717) is 23.9 Å². The summed E-state index contributed by atoms with van der Waals surface area (Å²) >= 11 is 0. The third-order valence-electron chi connectivity index (χ3n) is 4.78. The number of alkyl halides is 3. The molecule has 1 aromatic rings. The van der Waals surface area contributed by atoms with E-state index in [9.17, 15) is 18.0 Å². The Morgan fingerprint density at radius 3 is 2.52 bits per heavy atom. The van der Waals surface area contributed by atoms with Gasteiger partial charge in [0.25, 0.3) is 0 Å². The van der Waals surface area contributed by atoms with Gasteiger partial charge in [0.15, 0.2) is 0 Å². The van der Waals surface area contributed by atoms with Crippen molar-refractivity contribution in [2.45, 2.75) is 31.7 Å². The molecule has 3 rings (SSSR count). The Labute approximate surface area is 132 Å². The lowest BCUT2D eigenvalue weighted by atomic mass is 9.98. The number of nitrogens with two attached hydrogens (primary N) is 1. The van der Waals surface area contributed by atoms with Crippen molar-refractivity contribution in [2.75, 3.05) is 13.1 Å². The third kappa shape index (κ3) is 3.77. The van der Waals surface area contributed by atoms with Crippen LogP contribution in [0.15, 0.2) is 24.3 Å². The molecule has 1 heterocycles. The second kappa shape index (κ2) is 6.03. The Hall–Kier alpha value is -1.76. The van der Waals surface area contributed by atoms with Crippen LogP contribution in [0.25, 0.3) is 0 Å². The molecule has 1 saturated heterocycles. The van der Waals surface area contributed by atoms with E-state index in [2.05, 4.69) is 4.74 Å². The Morgan fingerprint density at radius 1 is 1.22 bits per heavy atom. The summed E-state index contributed by atoms with van der Waals surface area (Å²) in [5, 5.41) is 0. The molecule has 0 radical (unpaired) electrons. The van der Waals surface area contributed by atoms with E-state index in [-0.39, 0.29) is 24.1 Å². The van der Waals surface area contributed by atoms with Crippen LogP contribution in [0.5, 0.6) is 5.75 Å². The van der Waals surface area contributed by atoms with Crippen molar-refractivity contribution in [1.29, 1.82) is 0 Å². The average molecular weight is 328 g/mol. The van der Waals surface area contributed by atoms with E-state index in [1.165, 1.54) is 24.3 Å².